The Morgan fingerprint density at radius 1 is 0.382 bits per heavy atom. The summed E-state index contributed by atoms with van der Waals surface area (Å²) in [6.45, 7) is 4.31. The van der Waals surface area contributed by atoms with Crippen molar-refractivity contribution in [3.63, 3.8) is 0 Å². The monoisotopic (exact) mass is 432 g/mol. The maximum atomic E-state index is 2.31. The van der Waals surface area contributed by atoms with Gasteiger partial charge in [-0.3, -0.25) is 0 Å². The van der Waals surface area contributed by atoms with E-state index in [1.54, 1.807) is 0 Å². The summed E-state index contributed by atoms with van der Waals surface area (Å²) in [6, 6.07) is 40.5. The van der Waals surface area contributed by atoms with Crippen molar-refractivity contribution in [1.29, 1.82) is 0 Å². The zero-order chi connectivity index (χ0) is 22.8. The summed E-state index contributed by atoms with van der Waals surface area (Å²) in [6.07, 6.45) is 0. The van der Waals surface area contributed by atoms with Crippen molar-refractivity contribution in [2.75, 3.05) is 0 Å². The standard InChI is InChI=1S/C34H24/c1-21-13-17-24(18-14-21)31-26-9-3-4-10-27(26)32(25-19-15-22(2)16-20-25)34-29-12-6-8-23-7-5-11-28(30(23)29)33(31)34/h3-20H,1-2H3. The summed E-state index contributed by atoms with van der Waals surface area (Å²) in [7, 11) is 0. The Morgan fingerprint density at radius 3 is 1.26 bits per heavy atom. The molecular formula is C34H24. The van der Waals surface area contributed by atoms with Crippen LogP contribution < -0.4 is 0 Å². The number of fused-ring (bicyclic) bond motifs is 4. The number of hydrogen-bond acceptors (Lipinski definition) is 0. The van der Waals surface area contributed by atoms with Gasteiger partial charge in [0.05, 0.1) is 0 Å². The van der Waals surface area contributed by atoms with Gasteiger partial charge in [-0.25, -0.2) is 0 Å². The van der Waals surface area contributed by atoms with E-state index >= 15 is 0 Å². The Bertz CT molecular complexity index is 1610. The predicted octanol–water partition coefficient (Wildman–Crippen LogP) is 9.59. The Hall–Kier alpha value is -4.16. The molecule has 0 saturated carbocycles. The average Bonchev–Trinajstić information content (AvgIpc) is 3.20. The summed E-state index contributed by atoms with van der Waals surface area (Å²) in [5, 5.41) is 5.30. The van der Waals surface area contributed by atoms with Crippen LogP contribution in [-0.2, 0) is 0 Å². The Kier molecular flexibility index (Phi) is 4.07. The molecule has 160 valence electrons. The molecule has 6 aromatic rings. The average molecular weight is 433 g/mol. The summed E-state index contributed by atoms with van der Waals surface area (Å²) in [5.74, 6) is 0. The topological polar surface area (TPSA) is 0 Å². The smallest absolute Gasteiger partial charge is 0.000742 e. The minimum absolute atomic E-state index is 1.28. The summed E-state index contributed by atoms with van der Waals surface area (Å²) in [5.41, 5.74) is 13.2. The van der Waals surface area contributed by atoms with Crippen LogP contribution in [0.4, 0.5) is 0 Å². The molecule has 0 spiro atoms. The molecule has 0 unspecified atom stereocenters. The van der Waals surface area contributed by atoms with E-state index in [1.807, 2.05) is 0 Å². The molecule has 1 aliphatic carbocycles. The summed E-state index contributed by atoms with van der Waals surface area (Å²) >= 11 is 0. The molecule has 1 aliphatic rings. The molecule has 6 aromatic carbocycles. The molecule has 34 heavy (non-hydrogen) atoms. The molecule has 0 nitrogen and oxygen atoms in total. The van der Waals surface area contributed by atoms with Crippen LogP contribution in [0, 0.1) is 13.8 Å². The van der Waals surface area contributed by atoms with Gasteiger partial charge in [0.25, 0.3) is 0 Å². The second kappa shape index (κ2) is 7.17. The van der Waals surface area contributed by atoms with Gasteiger partial charge in [0.2, 0.25) is 0 Å². The molecule has 0 aromatic heterocycles. The molecule has 0 fully saturated rings. The van der Waals surface area contributed by atoms with Crippen molar-refractivity contribution in [1.82, 2.24) is 0 Å². The van der Waals surface area contributed by atoms with Gasteiger partial charge < -0.3 is 0 Å². The van der Waals surface area contributed by atoms with Crippen molar-refractivity contribution >= 4 is 21.5 Å². The molecule has 0 N–H and O–H groups in total. The van der Waals surface area contributed by atoms with Crippen LogP contribution in [0.1, 0.15) is 11.1 Å². The molecule has 0 atom stereocenters. The molecule has 0 heteroatoms. The maximum Gasteiger partial charge on any atom is -0.000742 e. The van der Waals surface area contributed by atoms with Gasteiger partial charge in [-0.05, 0) is 79.9 Å². The number of aryl methyl sites for hydroxylation is 2. The Morgan fingerprint density at radius 2 is 0.824 bits per heavy atom. The van der Waals surface area contributed by atoms with Gasteiger partial charge in [-0.15, -0.1) is 0 Å². The van der Waals surface area contributed by atoms with Gasteiger partial charge in [0.1, 0.15) is 0 Å². The first kappa shape index (κ1) is 19.3. The first-order valence-corrected chi connectivity index (χ1v) is 12.0. The number of hydrogen-bond donors (Lipinski definition) is 0. The SMILES string of the molecule is Cc1ccc(-c2c3c(c(-c4ccc(C)cc4)c4ccccc24)-c2cccc4cccc-3c24)cc1. The first-order chi connectivity index (χ1) is 16.7. The highest BCUT2D eigenvalue weighted by Crippen LogP contribution is 2.57. The fourth-order valence-corrected chi connectivity index (χ4v) is 5.77. The van der Waals surface area contributed by atoms with Crippen LogP contribution in [0.3, 0.4) is 0 Å². The zero-order valence-corrected chi connectivity index (χ0v) is 19.4. The van der Waals surface area contributed by atoms with E-state index < -0.39 is 0 Å². The van der Waals surface area contributed by atoms with Crippen LogP contribution in [-0.4, -0.2) is 0 Å². The number of benzene rings is 6. The Balaban J connectivity index is 1.74. The van der Waals surface area contributed by atoms with Crippen molar-refractivity contribution in [2.45, 2.75) is 13.8 Å². The third-order valence-corrected chi connectivity index (χ3v) is 7.34. The largest absolute Gasteiger partial charge is 0.0616 e. The van der Waals surface area contributed by atoms with Crippen molar-refractivity contribution in [2.24, 2.45) is 0 Å². The molecule has 0 amide bonds. The maximum absolute atomic E-state index is 2.31. The van der Waals surface area contributed by atoms with E-state index in [0.29, 0.717) is 0 Å². The van der Waals surface area contributed by atoms with Crippen LogP contribution in [0.5, 0.6) is 0 Å². The van der Waals surface area contributed by atoms with Crippen LogP contribution >= 0.6 is 0 Å². The van der Waals surface area contributed by atoms with Crippen LogP contribution in [0.25, 0.3) is 66.1 Å². The second-order valence-corrected chi connectivity index (χ2v) is 9.49. The van der Waals surface area contributed by atoms with Gasteiger partial charge in [-0.2, -0.15) is 0 Å². The van der Waals surface area contributed by atoms with Crippen LogP contribution in [0.15, 0.2) is 109 Å². The van der Waals surface area contributed by atoms with Gasteiger partial charge in [0, 0.05) is 0 Å². The lowest BCUT2D eigenvalue weighted by Crippen LogP contribution is -1.93. The van der Waals surface area contributed by atoms with Crippen molar-refractivity contribution < 1.29 is 0 Å². The lowest BCUT2D eigenvalue weighted by atomic mass is 9.82. The third-order valence-electron chi connectivity index (χ3n) is 7.34. The lowest BCUT2D eigenvalue weighted by molar-refractivity contribution is 1.47. The van der Waals surface area contributed by atoms with E-state index in [0.717, 1.165) is 0 Å². The molecule has 0 bridgehead atoms. The second-order valence-electron chi connectivity index (χ2n) is 9.49. The highest BCUT2D eigenvalue weighted by Gasteiger charge is 2.30. The minimum atomic E-state index is 1.28. The minimum Gasteiger partial charge on any atom is -0.0616 e. The van der Waals surface area contributed by atoms with Crippen molar-refractivity contribution in [3.05, 3.63) is 120 Å². The third kappa shape index (κ3) is 2.66. The summed E-state index contributed by atoms with van der Waals surface area (Å²) in [4.78, 5) is 0. The van der Waals surface area contributed by atoms with Gasteiger partial charge in [0.15, 0.2) is 0 Å². The van der Waals surface area contributed by atoms with Gasteiger partial charge >= 0.3 is 0 Å². The van der Waals surface area contributed by atoms with E-state index in [9.17, 15) is 0 Å². The molecule has 0 radical (unpaired) electrons. The highest BCUT2D eigenvalue weighted by atomic mass is 14.3. The fraction of sp³-hybridized carbons (Fsp3) is 0.0588. The number of rotatable bonds is 2. The lowest BCUT2D eigenvalue weighted by Gasteiger charge is -2.20. The molecule has 0 saturated heterocycles. The Labute approximate surface area is 200 Å². The van der Waals surface area contributed by atoms with E-state index in [2.05, 4.69) is 123 Å². The first-order valence-electron chi connectivity index (χ1n) is 12.0. The van der Waals surface area contributed by atoms with Crippen LogP contribution in [0.2, 0.25) is 0 Å². The molecule has 0 heterocycles. The predicted molar refractivity (Wildman–Crippen MR) is 146 cm³/mol. The molecular weight excluding hydrogens is 408 g/mol. The van der Waals surface area contributed by atoms with E-state index in [-0.39, 0.29) is 0 Å². The van der Waals surface area contributed by atoms with E-state index in [1.165, 1.54) is 77.2 Å². The zero-order valence-electron chi connectivity index (χ0n) is 19.4. The van der Waals surface area contributed by atoms with Crippen molar-refractivity contribution in [3.8, 4) is 44.5 Å². The van der Waals surface area contributed by atoms with E-state index in [4.69, 9.17) is 0 Å². The highest BCUT2D eigenvalue weighted by molar-refractivity contribution is 6.27. The molecule has 7 rings (SSSR count). The van der Waals surface area contributed by atoms with Gasteiger partial charge in [-0.1, -0.05) is 120 Å². The fourth-order valence-electron chi connectivity index (χ4n) is 5.77. The normalized spacial score (nSPS) is 11.8. The quantitative estimate of drug-likeness (QED) is 0.255. The molecule has 0 aliphatic heterocycles. The summed E-state index contributed by atoms with van der Waals surface area (Å²) < 4.78 is 0.